The Balaban J connectivity index is 1.94. The number of nitrogens with zero attached hydrogens (tertiary/aromatic N) is 3. The molecule has 2 aromatic rings. The number of amides is 2. The molecule has 0 N–H and O–H groups in total. The molecule has 2 aliphatic rings. The van der Waals surface area contributed by atoms with E-state index in [0.29, 0.717) is 0 Å². The van der Waals surface area contributed by atoms with Gasteiger partial charge in [0.25, 0.3) is 0 Å². The van der Waals surface area contributed by atoms with Crippen LogP contribution < -0.4 is 4.90 Å². The van der Waals surface area contributed by atoms with E-state index in [0.717, 1.165) is 28.2 Å². The van der Waals surface area contributed by atoms with Crippen LogP contribution >= 0.6 is 0 Å². The lowest BCUT2D eigenvalue weighted by Gasteiger charge is -2.40. The molecule has 2 amide bonds. The first kappa shape index (κ1) is 23.5. The second-order valence-corrected chi connectivity index (χ2v) is 10.1. The number of allylic oxidation sites excluding steroid dienone is 1. The number of benzene rings is 2. The van der Waals surface area contributed by atoms with Gasteiger partial charge in [0.15, 0.2) is 15.6 Å². The van der Waals surface area contributed by atoms with Gasteiger partial charge < -0.3 is 4.90 Å². The summed E-state index contributed by atoms with van der Waals surface area (Å²) in [5.41, 5.74) is -0.373. The van der Waals surface area contributed by atoms with Crippen LogP contribution in [0.4, 0.5) is 23.7 Å². The fourth-order valence-electron chi connectivity index (χ4n) is 4.38. The van der Waals surface area contributed by atoms with Crippen LogP contribution in [0.3, 0.4) is 0 Å². The van der Waals surface area contributed by atoms with Crippen molar-refractivity contribution in [2.45, 2.75) is 30.0 Å². The number of sulfone groups is 1. The van der Waals surface area contributed by atoms with Gasteiger partial charge in [0.1, 0.15) is 0 Å². The molecule has 1 heterocycles. The Morgan fingerprint density at radius 3 is 2.41 bits per heavy atom. The summed E-state index contributed by atoms with van der Waals surface area (Å²) in [4.78, 5) is 28.4. The van der Waals surface area contributed by atoms with Crippen molar-refractivity contribution in [1.82, 2.24) is 4.90 Å². The van der Waals surface area contributed by atoms with Crippen LogP contribution in [0.5, 0.6) is 0 Å². The van der Waals surface area contributed by atoms with Gasteiger partial charge in [0.2, 0.25) is 0 Å². The minimum Gasteiger partial charge on any atom is -0.316 e. The third-order valence-corrected chi connectivity index (χ3v) is 7.04. The zero-order chi connectivity index (χ0) is 25.0. The third kappa shape index (κ3) is 3.84. The molecule has 1 aliphatic carbocycles. The first-order valence-electron chi connectivity index (χ1n) is 10.1. The maximum absolute atomic E-state index is 13.4. The van der Waals surface area contributed by atoms with Crippen molar-refractivity contribution in [3.63, 3.8) is 0 Å². The highest BCUT2D eigenvalue weighted by Crippen LogP contribution is 2.46. The summed E-state index contributed by atoms with van der Waals surface area (Å²) in [6.45, 7) is 0. The van der Waals surface area contributed by atoms with Crippen molar-refractivity contribution >= 4 is 27.3 Å². The number of carbonyl (C=O) groups is 2. The van der Waals surface area contributed by atoms with E-state index < -0.39 is 33.6 Å². The number of hydrogen-bond acceptors (Lipinski definition) is 5. The minimum absolute atomic E-state index is 0.0300. The molecule has 0 bridgehead atoms. The number of Topliss-reactive ketones (excluding diaryl/α,β-unsaturated/α-hetero) is 1. The first-order chi connectivity index (χ1) is 15.8. The predicted molar refractivity (Wildman–Crippen MR) is 115 cm³/mol. The van der Waals surface area contributed by atoms with Gasteiger partial charge in [-0.3, -0.25) is 9.69 Å². The summed E-state index contributed by atoms with van der Waals surface area (Å²) >= 11 is 0. The molecule has 1 unspecified atom stereocenters. The van der Waals surface area contributed by atoms with Gasteiger partial charge in [-0.2, -0.15) is 18.4 Å². The Morgan fingerprint density at radius 1 is 1.09 bits per heavy atom. The van der Waals surface area contributed by atoms with Crippen molar-refractivity contribution in [3.05, 3.63) is 70.4 Å². The standard InChI is InChI=1S/C23H18F3N3O4S/c1-28-21(16-7-6-13(12-27)10-19(16)34(2,32)33)20-17(8-9-18(20)30)29(22(28)31)15-5-3-4-14(11-15)23(24,25)26/h3-7,10-11,21H,8-9H2,1-2H3. The van der Waals surface area contributed by atoms with Gasteiger partial charge in [-0.25, -0.2) is 13.2 Å². The van der Waals surface area contributed by atoms with Crippen molar-refractivity contribution < 1.29 is 31.2 Å². The Labute approximate surface area is 193 Å². The lowest BCUT2D eigenvalue weighted by Crippen LogP contribution is -2.48. The summed E-state index contributed by atoms with van der Waals surface area (Å²) in [6, 6.07) is 8.29. The fourth-order valence-corrected chi connectivity index (χ4v) is 5.33. The highest BCUT2D eigenvalue weighted by Gasteiger charge is 2.46. The van der Waals surface area contributed by atoms with Gasteiger partial charge in [-0.1, -0.05) is 12.1 Å². The summed E-state index contributed by atoms with van der Waals surface area (Å²) in [5, 5.41) is 9.20. The number of likely N-dealkylation sites (N-methyl/N-ethyl adjacent to an activating group) is 1. The highest BCUT2D eigenvalue weighted by molar-refractivity contribution is 7.90. The number of anilines is 1. The monoisotopic (exact) mass is 489 g/mol. The van der Waals surface area contributed by atoms with Crippen molar-refractivity contribution in [1.29, 1.82) is 5.26 Å². The van der Waals surface area contributed by atoms with Gasteiger partial charge in [-0.05, 0) is 42.3 Å². The van der Waals surface area contributed by atoms with E-state index in [1.54, 1.807) is 0 Å². The number of alkyl halides is 3. The molecular formula is C23H18F3N3O4S. The highest BCUT2D eigenvalue weighted by atomic mass is 32.2. The molecule has 1 atom stereocenters. The van der Waals surface area contributed by atoms with Crippen LogP contribution in [0, 0.1) is 11.3 Å². The van der Waals surface area contributed by atoms with Crippen LogP contribution in [-0.2, 0) is 20.8 Å². The number of rotatable bonds is 3. The van der Waals surface area contributed by atoms with Crippen molar-refractivity contribution in [2.75, 3.05) is 18.2 Å². The molecule has 4 rings (SSSR count). The number of ketones is 1. The zero-order valence-corrected chi connectivity index (χ0v) is 18.9. The maximum atomic E-state index is 13.4. The molecular weight excluding hydrogens is 471 g/mol. The lowest BCUT2D eigenvalue weighted by molar-refractivity contribution is -0.137. The summed E-state index contributed by atoms with van der Waals surface area (Å²) in [6.07, 6.45) is -3.52. The topological polar surface area (TPSA) is 98.5 Å². The Hall–Kier alpha value is -3.65. The zero-order valence-electron chi connectivity index (χ0n) is 18.0. The van der Waals surface area contributed by atoms with Crippen molar-refractivity contribution in [3.8, 4) is 6.07 Å². The number of carbonyl (C=O) groups excluding carboxylic acids is 2. The summed E-state index contributed by atoms with van der Waals surface area (Å²) in [5.74, 6) is -0.333. The molecule has 0 saturated heterocycles. The Bertz CT molecular complexity index is 1410. The van der Waals surface area contributed by atoms with Crippen LogP contribution in [0.15, 0.2) is 58.6 Å². The van der Waals surface area contributed by atoms with Crippen LogP contribution in [0.25, 0.3) is 0 Å². The van der Waals surface area contributed by atoms with Gasteiger partial charge in [0, 0.05) is 31.0 Å². The Morgan fingerprint density at radius 2 is 1.79 bits per heavy atom. The van der Waals surface area contributed by atoms with E-state index in [1.165, 1.54) is 37.4 Å². The third-order valence-electron chi connectivity index (χ3n) is 5.89. The van der Waals surface area contributed by atoms with Crippen LogP contribution in [0.1, 0.15) is 35.6 Å². The molecule has 0 saturated carbocycles. The fraction of sp³-hybridized carbons (Fsp3) is 0.261. The summed E-state index contributed by atoms with van der Waals surface area (Å²) < 4.78 is 64.9. The average molecular weight is 489 g/mol. The van der Waals surface area contributed by atoms with E-state index in [2.05, 4.69) is 0 Å². The van der Waals surface area contributed by atoms with E-state index in [9.17, 15) is 36.4 Å². The van der Waals surface area contributed by atoms with Gasteiger partial charge >= 0.3 is 12.2 Å². The molecule has 0 spiro atoms. The maximum Gasteiger partial charge on any atom is 0.416 e. The normalized spacial score (nSPS) is 18.9. The molecule has 0 fully saturated rings. The summed E-state index contributed by atoms with van der Waals surface area (Å²) in [7, 11) is -2.50. The molecule has 0 aromatic heterocycles. The molecule has 2 aromatic carbocycles. The number of halogens is 3. The Kier molecular flexibility index (Phi) is 5.52. The molecule has 176 valence electrons. The molecule has 7 nitrogen and oxygen atoms in total. The quantitative estimate of drug-likeness (QED) is 0.643. The molecule has 1 aliphatic heterocycles. The number of nitriles is 1. The second kappa shape index (κ2) is 7.99. The lowest BCUT2D eigenvalue weighted by atomic mass is 9.92. The number of urea groups is 1. The van der Waals surface area contributed by atoms with Gasteiger partial charge in [0.05, 0.1) is 33.8 Å². The van der Waals surface area contributed by atoms with E-state index in [1.807, 2.05) is 6.07 Å². The minimum atomic E-state index is -4.63. The van der Waals surface area contributed by atoms with E-state index >= 15 is 0 Å². The second-order valence-electron chi connectivity index (χ2n) is 8.10. The van der Waals surface area contributed by atoms with Crippen molar-refractivity contribution in [2.24, 2.45) is 0 Å². The largest absolute Gasteiger partial charge is 0.416 e. The van der Waals surface area contributed by atoms with E-state index in [4.69, 9.17) is 0 Å². The smallest absolute Gasteiger partial charge is 0.316 e. The first-order valence-corrected chi connectivity index (χ1v) is 12.0. The number of hydrogen-bond donors (Lipinski definition) is 0. The van der Waals surface area contributed by atoms with E-state index in [-0.39, 0.29) is 51.6 Å². The van der Waals surface area contributed by atoms with Gasteiger partial charge in [-0.15, -0.1) is 0 Å². The van der Waals surface area contributed by atoms with Crippen LogP contribution in [0.2, 0.25) is 0 Å². The molecule has 0 radical (unpaired) electrons. The molecule has 11 heteroatoms. The predicted octanol–water partition coefficient (Wildman–Crippen LogP) is 4.21. The van der Waals surface area contributed by atoms with Crippen LogP contribution in [-0.4, -0.2) is 38.4 Å². The average Bonchev–Trinajstić information content (AvgIpc) is 3.14. The molecule has 34 heavy (non-hydrogen) atoms. The SMILES string of the molecule is CN1C(=O)N(c2cccc(C(F)(F)F)c2)C2=C(C(=O)CC2)C1c1ccc(C#N)cc1S(C)(=O)=O.